The van der Waals surface area contributed by atoms with Crippen LogP contribution in [0.4, 0.5) is 4.79 Å². The molecular formula is C20H24N4O. The standard InChI is InChI=1S/C20H24N4O/c1-2-23(16-18-15-22-19-12-6-7-14-24(18)19)20(25)21-13-8-11-17-9-4-3-5-10-17/h3-7,9-10,12,14-15H,2,8,11,13,16H2,1H3,(H,21,25). The van der Waals surface area contributed by atoms with Gasteiger partial charge in [-0.3, -0.25) is 0 Å². The zero-order valence-electron chi connectivity index (χ0n) is 14.6. The third kappa shape index (κ3) is 4.38. The van der Waals surface area contributed by atoms with Gasteiger partial charge in [-0.05, 0) is 37.5 Å². The lowest BCUT2D eigenvalue weighted by atomic mass is 10.1. The van der Waals surface area contributed by atoms with Crippen molar-refractivity contribution in [3.63, 3.8) is 0 Å². The van der Waals surface area contributed by atoms with Crippen molar-refractivity contribution in [3.05, 3.63) is 72.2 Å². The van der Waals surface area contributed by atoms with Crippen LogP contribution in [0.1, 0.15) is 24.6 Å². The first-order valence-electron chi connectivity index (χ1n) is 8.75. The Morgan fingerprint density at radius 3 is 2.76 bits per heavy atom. The highest BCUT2D eigenvalue weighted by Crippen LogP contribution is 2.09. The molecule has 3 rings (SSSR count). The summed E-state index contributed by atoms with van der Waals surface area (Å²) in [6.45, 7) is 3.88. The van der Waals surface area contributed by atoms with Crippen LogP contribution >= 0.6 is 0 Å². The monoisotopic (exact) mass is 336 g/mol. The second-order valence-electron chi connectivity index (χ2n) is 6.01. The van der Waals surface area contributed by atoms with E-state index in [1.807, 2.05) is 60.1 Å². The Morgan fingerprint density at radius 1 is 1.16 bits per heavy atom. The number of nitrogens with zero attached hydrogens (tertiary/aromatic N) is 3. The van der Waals surface area contributed by atoms with Gasteiger partial charge < -0.3 is 14.6 Å². The van der Waals surface area contributed by atoms with Gasteiger partial charge in [0.05, 0.1) is 18.4 Å². The van der Waals surface area contributed by atoms with Gasteiger partial charge in [0.1, 0.15) is 5.65 Å². The van der Waals surface area contributed by atoms with Crippen molar-refractivity contribution < 1.29 is 4.79 Å². The number of fused-ring (bicyclic) bond motifs is 1. The maximum atomic E-state index is 12.4. The van der Waals surface area contributed by atoms with Crippen molar-refractivity contribution in [2.75, 3.05) is 13.1 Å². The number of hydrogen-bond donors (Lipinski definition) is 1. The number of carbonyl (C=O) groups excluding carboxylic acids is 1. The molecule has 5 nitrogen and oxygen atoms in total. The molecule has 2 aromatic heterocycles. The number of urea groups is 1. The third-order valence-electron chi connectivity index (χ3n) is 4.28. The fraction of sp³-hybridized carbons (Fsp3) is 0.300. The normalized spacial score (nSPS) is 10.8. The number of amides is 2. The first kappa shape index (κ1) is 17.0. The number of carbonyl (C=O) groups is 1. The molecule has 0 aliphatic carbocycles. The number of benzene rings is 1. The minimum Gasteiger partial charge on any atom is -0.338 e. The van der Waals surface area contributed by atoms with E-state index in [4.69, 9.17) is 0 Å². The maximum Gasteiger partial charge on any atom is 0.317 e. The van der Waals surface area contributed by atoms with E-state index >= 15 is 0 Å². The van der Waals surface area contributed by atoms with E-state index in [-0.39, 0.29) is 6.03 Å². The van der Waals surface area contributed by atoms with Crippen LogP contribution in [0, 0.1) is 0 Å². The molecule has 0 radical (unpaired) electrons. The van der Waals surface area contributed by atoms with Crippen molar-refractivity contribution in [3.8, 4) is 0 Å². The van der Waals surface area contributed by atoms with Crippen LogP contribution in [0.2, 0.25) is 0 Å². The van der Waals surface area contributed by atoms with E-state index in [1.54, 1.807) is 4.90 Å². The number of imidazole rings is 1. The third-order valence-corrected chi connectivity index (χ3v) is 4.28. The first-order chi connectivity index (χ1) is 12.3. The molecule has 2 heterocycles. The molecule has 25 heavy (non-hydrogen) atoms. The van der Waals surface area contributed by atoms with Gasteiger partial charge in [-0.2, -0.15) is 0 Å². The van der Waals surface area contributed by atoms with Gasteiger partial charge in [0, 0.05) is 19.3 Å². The highest BCUT2D eigenvalue weighted by molar-refractivity contribution is 5.74. The molecule has 0 aliphatic rings. The molecule has 0 fully saturated rings. The van der Waals surface area contributed by atoms with Gasteiger partial charge in [0.25, 0.3) is 0 Å². The van der Waals surface area contributed by atoms with Crippen LogP contribution in [-0.2, 0) is 13.0 Å². The van der Waals surface area contributed by atoms with E-state index in [2.05, 4.69) is 22.4 Å². The predicted molar refractivity (Wildman–Crippen MR) is 99.4 cm³/mol. The van der Waals surface area contributed by atoms with Crippen LogP contribution < -0.4 is 5.32 Å². The summed E-state index contributed by atoms with van der Waals surface area (Å²) < 4.78 is 2.02. The molecule has 0 bridgehead atoms. The van der Waals surface area contributed by atoms with Gasteiger partial charge in [-0.15, -0.1) is 0 Å². The van der Waals surface area contributed by atoms with E-state index < -0.39 is 0 Å². The minimum absolute atomic E-state index is 0.0264. The number of rotatable bonds is 7. The van der Waals surface area contributed by atoms with Crippen LogP contribution in [0.5, 0.6) is 0 Å². The van der Waals surface area contributed by atoms with Crippen LogP contribution in [0.15, 0.2) is 60.9 Å². The molecular weight excluding hydrogens is 312 g/mol. The summed E-state index contributed by atoms with van der Waals surface area (Å²) in [4.78, 5) is 18.6. The summed E-state index contributed by atoms with van der Waals surface area (Å²) in [5, 5.41) is 3.02. The largest absolute Gasteiger partial charge is 0.338 e. The molecule has 1 aromatic carbocycles. The molecule has 0 unspecified atom stereocenters. The van der Waals surface area contributed by atoms with Gasteiger partial charge in [0.15, 0.2) is 0 Å². The summed E-state index contributed by atoms with van der Waals surface area (Å²) in [5.74, 6) is 0. The van der Waals surface area contributed by atoms with Gasteiger partial charge in [-0.1, -0.05) is 36.4 Å². The lowest BCUT2D eigenvalue weighted by Gasteiger charge is -2.21. The van der Waals surface area contributed by atoms with Crippen LogP contribution in [0.25, 0.3) is 5.65 Å². The zero-order valence-corrected chi connectivity index (χ0v) is 14.6. The topological polar surface area (TPSA) is 49.6 Å². The SMILES string of the molecule is CCN(Cc1cnc2ccccn12)C(=O)NCCCc1ccccc1. The van der Waals surface area contributed by atoms with Crippen LogP contribution in [0.3, 0.4) is 0 Å². The van der Waals surface area contributed by atoms with Gasteiger partial charge in [-0.25, -0.2) is 9.78 Å². The Balaban J connectivity index is 1.51. The van der Waals surface area contributed by atoms with Crippen molar-refractivity contribution in [2.24, 2.45) is 0 Å². The lowest BCUT2D eigenvalue weighted by molar-refractivity contribution is 0.197. The van der Waals surface area contributed by atoms with E-state index in [9.17, 15) is 4.79 Å². The first-order valence-corrected chi connectivity index (χ1v) is 8.75. The highest BCUT2D eigenvalue weighted by atomic mass is 16.2. The predicted octanol–water partition coefficient (Wildman–Crippen LogP) is 3.50. The average molecular weight is 336 g/mol. The summed E-state index contributed by atoms with van der Waals surface area (Å²) in [6.07, 6.45) is 5.72. The molecule has 0 saturated carbocycles. The molecule has 130 valence electrons. The molecule has 0 aliphatic heterocycles. The number of aryl methyl sites for hydroxylation is 1. The highest BCUT2D eigenvalue weighted by Gasteiger charge is 2.13. The van der Waals surface area contributed by atoms with Crippen molar-refractivity contribution >= 4 is 11.7 Å². The molecule has 5 heteroatoms. The summed E-state index contributed by atoms with van der Waals surface area (Å²) >= 11 is 0. The smallest absolute Gasteiger partial charge is 0.317 e. The van der Waals surface area contributed by atoms with Crippen molar-refractivity contribution in [2.45, 2.75) is 26.3 Å². The summed E-state index contributed by atoms with van der Waals surface area (Å²) in [6, 6.07) is 16.2. The Morgan fingerprint density at radius 2 is 1.96 bits per heavy atom. The van der Waals surface area contributed by atoms with Crippen LogP contribution in [-0.4, -0.2) is 33.4 Å². The molecule has 1 N–H and O–H groups in total. The molecule has 3 aromatic rings. The minimum atomic E-state index is -0.0264. The number of aromatic nitrogens is 2. The number of nitrogens with one attached hydrogen (secondary N) is 1. The quantitative estimate of drug-likeness (QED) is 0.671. The maximum absolute atomic E-state index is 12.4. The van der Waals surface area contributed by atoms with E-state index in [0.717, 1.165) is 24.2 Å². The fourth-order valence-corrected chi connectivity index (χ4v) is 2.87. The lowest BCUT2D eigenvalue weighted by Crippen LogP contribution is -2.40. The molecule has 2 amide bonds. The molecule has 0 spiro atoms. The second-order valence-corrected chi connectivity index (χ2v) is 6.01. The Labute approximate surface area is 148 Å². The van der Waals surface area contributed by atoms with Gasteiger partial charge >= 0.3 is 6.03 Å². The number of hydrogen-bond acceptors (Lipinski definition) is 2. The number of pyridine rings is 1. The average Bonchev–Trinajstić information content (AvgIpc) is 3.07. The summed E-state index contributed by atoms with van der Waals surface area (Å²) in [5.41, 5.74) is 3.21. The zero-order chi connectivity index (χ0) is 17.5. The molecule has 0 atom stereocenters. The fourth-order valence-electron chi connectivity index (χ4n) is 2.87. The van der Waals surface area contributed by atoms with Crippen molar-refractivity contribution in [1.29, 1.82) is 0 Å². The van der Waals surface area contributed by atoms with Gasteiger partial charge in [0.2, 0.25) is 0 Å². The van der Waals surface area contributed by atoms with Crippen molar-refractivity contribution in [1.82, 2.24) is 19.6 Å². The van der Waals surface area contributed by atoms with E-state index in [1.165, 1.54) is 5.56 Å². The Kier molecular flexibility index (Phi) is 5.67. The summed E-state index contributed by atoms with van der Waals surface area (Å²) in [7, 11) is 0. The molecule has 0 saturated heterocycles. The van der Waals surface area contributed by atoms with E-state index in [0.29, 0.717) is 19.6 Å². The second kappa shape index (κ2) is 8.33. The Bertz CT molecular complexity index is 813. The Hall–Kier alpha value is -2.82.